The van der Waals surface area contributed by atoms with Gasteiger partial charge in [-0.05, 0) is 48.5 Å². The smallest absolute Gasteiger partial charge is 0.291 e. The number of halogens is 3. The Kier molecular flexibility index (Phi) is 4.85. The first-order chi connectivity index (χ1) is 11.4. The number of carbonyl (C=O) groups is 1. The Hall–Kier alpha value is -1.95. The SMILES string of the molecule is Nc1cc(Cl)ccc1NC(=O)c1ccc(-c2ccc(Br)cc2Cl)o1. The molecule has 0 unspecified atom stereocenters. The van der Waals surface area contributed by atoms with Gasteiger partial charge in [0.25, 0.3) is 5.91 Å². The van der Waals surface area contributed by atoms with E-state index in [1.54, 1.807) is 36.4 Å². The largest absolute Gasteiger partial charge is 0.451 e. The summed E-state index contributed by atoms with van der Waals surface area (Å²) in [7, 11) is 0. The fourth-order valence-corrected chi connectivity index (χ4v) is 3.07. The zero-order chi connectivity index (χ0) is 17.3. The number of carbonyl (C=O) groups excluding carboxylic acids is 1. The van der Waals surface area contributed by atoms with Crippen molar-refractivity contribution in [3.8, 4) is 11.3 Å². The van der Waals surface area contributed by atoms with Gasteiger partial charge in [0.15, 0.2) is 5.76 Å². The molecule has 0 aliphatic carbocycles. The lowest BCUT2D eigenvalue weighted by Gasteiger charge is -2.07. The molecule has 3 rings (SSSR count). The van der Waals surface area contributed by atoms with Crippen LogP contribution in [0.1, 0.15) is 10.6 Å². The Morgan fingerprint density at radius 1 is 1.08 bits per heavy atom. The molecular weight excluding hydrogens is 415 g/mol. The Labute approximate surface area is 156 Å². The van der Waals surface area contributed by atoms with Gasteiger partial charge < -0.3 is 15.5 Å². The predicted octanol–water partition coefficient (Wildman–Crippen LogP) is 5.85. The van der Waals surface area contributed by atoms with Crippen LogP contribution in [0.4, 0.5) is 11.4 Å². The van der Waals surface area contributed by atoms with Crippen molar-refractivity contribution >= 4 is 56.4 Å². The Morgan fingerprint density at radius 2 is 1.88 bits per heavy atom. The highest BCUT2D eigenvalue weighted by Gasteiger charge is 2.15. The number of anilines is 2. The molecule has 0 saturated heterocycles. The Bertz CT molecular complexity index is 925. The molecule has 0 aliphatic rings. The molecular formula is C17H11BrCl2N2O2. The summed E-state index contributed by atoms with van der Waals surface area (Å²) in [5, 5.41) is 3.70. The van der Waals surface area contributed by atoms with E-state index in [0.29, 0.717) is 32.7 Å². The first kappa shape index (κ1) is 16.9. The van der Waals surface area contributed by atoms with Gasteiger partial charge in [-0.25, -0.2) is 0 Å². The number of rotatable bonds is 3. The maximum Gasteiger partial charge on any atom is 0.291 e. The number of nitrogens with two attached hydrogens (primary N) is 1. The fourth-order valence-electron chi connectivity index (χ4n) is 2.13. The second kappa shape index (κ2) is 6.89. The second-order valence-electron chi connectivity index (χ2n) is 4.97. The van der Waals surface area contributed by atoms with Crippen LogP contribution in [0, 0.1) is 0 Å². The number of hydrogen-bond donors (Lipinski definition) is 2. The minimum Gasteiger partial charge on any atom is -0.451 e. The molecule has 0 radical (unpaired) electrons. The average molecular weight is 426 g/mol. The van der Waals surface area contributed by atoms with Crippen LogP contribution in [-0.2, 0) is 0 Å². The van der Waals surface area contributed by atoms with Gasteiger partial charge in [-0.15, -0.1) is 0 Å². The summed E-state index contributed by atoms with van der Waals surface area (Å²) in [4.78, 5) is 12.3. The lowest BCUT2D eigenvalue weighted by Crippen LogP contribution is -2.12. The van der Waals surface area contributed by atoms with E-state index in [1.165, 1.54) is 0 Å². The van der Waals surface area contributed by atoms with Crippen LogP contribution < -0.4 is 11.1 Å². The zero-order valence-electron chi connectivity index (χ0n) is 12.1. The number of hydrogen-bond acceptors (Lipinski definition) is 3. The number of nitrogens with one attached hydrogen (secondary N) is 1. The highest BCUT2D eigenvalue weighted by atomic mass is 79.9. The molecule has 3 N–H and O–H groups in total. The van der Waals surface area contributed by atoms with Gasteiger partial charge in [-0.1, -0.05) is 39.1 Å². The number of benzene rings is 2. The van der Waals surface area contributed by atoms with Crippen LogP contribution in [0.2, 0.25) is 10.0 Å². The minimum absolute atomic E-state index is 0.151. The summed E-state index contributed by atoms with van der Waals surface area (Å²) in [6, 6.07) is 13.5. The molecule has 4 nitrogen and oxygen atoms in total. The molecule has 122 valence electrons. The lowest BCUT2D eigenvalue weighted by atomic mass is 10.2. The fraction of sp³-hybridized carbons (Fsp3) is 0. The van der Waals surface area contributed by atoms with Crippen molar-refractivity contribution in [1.29, 1.82) is 0 Å². The van der Waals surface area contributed by atoms with Gasteiger partial charge in [0.1, 0.15) is 5.76 Å². The van der Waals surface area contributed by atoms with E-state index in [-0.39, 0.29) is 5.76 Å². The van der Waals surface area contributed by atoms with Gasteiger partial charge in [0, 0.05) is 15.1 Å². The van der Waals surface area contributed by atoms with E-state index in [1.807, 2.05) is 12.1 Å². The third-order valence-corrected chi connectivity index (χ3v) is 4.33. The quantitative estimate of drug-likeness (QED) is 0.517. The summed E-state index contributed by atoms with van der Waals surface area (Å²) in [6.45, 7) is 0. The molecule has 1 aromatic heterocycles. The summed E-state index contributed by atoms with van der Waals surface area (Å²) in [6.07, 6.45) is 0. The highest BCUT2D eigenvalue weighted by molar-refractivity contribution is 9.10. The van der Waals surface area contributed by atoms with Crippen molar-refractivity contribution < 1.29 is 9.21 Å². The Morgan fingerprint density at radius 3 is 2.58 bits per heavy atom. The molecule has 0 bridgehead atoms. The van der Waals surface area contributed by atoms with Crippen LogP contribution in [0.3, 0.4) is 0 Å². The van der Waals surface area contributed by atoms with Crippen molar-refractivity contribution in [2.24, 2.45) is 0 Å². The van der Waals surface area contributed by atoms with Crippen molar-refractivity contribution in [2.75, 3.05) is 11.1 Å². The summed E-state index contributed by atoms with van der Waals surface area (Å²) < 4.78 is 6.47. The highest BCUT2D eigenvalue weighted by Crippen LogP contribution is 2.32. The van der Waals surface area contributed by atoms with Crippen LogP contribution in [0.25, 0.3) is 11.3 Å². The van der Waals surface area contributed by atoms with Gasteiger partial charge in [0.05, 0.1) is 16.4 Å². The minimum atomic E-state index is -0.413. The van der Waals surface area contributed by atoms with E-state index in [0.717, 1.165) is 4.47 Å². The van der Waals surface area contributed by atoms with Gasteiger partial charge in [-0.3, -0.25) is 4.79 Å². The molecule has 24 heavy (non-hydrogen) atoms. The van der Waals surface area contributed by atoms with Crippen molar-refractivity contribution in [1.82, 2.24) is 0 Å². The molecule has 2 aromatic carbocycles. The second-order valence-corrected chi connectivity index (χ2v) is 6.73. The Balaban J connectivity index is 1.83. The van der Waals surface area contributed by atoms with E-state index in [9.17, 15) is 4.79 Å². The molecule has 0 saturated carbocycles. The first-order valence-electron chi connectivity index (χ1n) is 6.85. The van der Waals surface area contributed by atoms with Crippen molar-refractivity contribution in [2.45, 2.75) is 0 Å². The third kappa shape index (κ3) is 3.59. The molecule has 0 atom stereocenters. The third-order valence-electron chi connectivity index (χ3n) is 3.29. The monoisotopic (exact) mass is 424 g/mol. The van der Waals surface area contributed by atoms with Gasteiger partial charge in [-0.2, -0.15) is 0 Å². The summed E-state index contributed by atoms with van der Waals surface area (Å²) in [5.41, 5.74) is 7.36. The maximum atomic E-state index is 12.3. The molecule has 1 amide bonds. The molecule has 1 heterocycles. The molecule has 0 fully saturated rings. The number of nitrogen functional groups attached to an aromatic ring is 1. The van der Waals surface area contributed by atoms with E-state index in [4.69, 9.17) is 33.4 Å². The van der Waals surface area contributed by atoms with E-state index < -0.39 is 5.91 Å². The number of amides is 1. The van der Waals surface area contributed by atoms with Crippen LogP contribution >= 0.6 is 39.1 Å². The topological polar surface area (TPSA) is 68.3 Å². The lowest BCUT2D eigenvalue weighted by molar-refractivity contribution is 0.0997. The van der Waals surface area contributed by atoms with E-state index in [2.05, 4.69) is 21.2 Å². The summed E-state index contributed by atoms with van der Waals surface area (Å²) >= 11 is 15.4. The van der Waals surface area contributed by atoms with Crippen LogP contribution in [0.5, 0.6) is 0 Å². The van der Waals surface area contributed by atoms with Crippen LogP contribution in [-0.4, -0.2) is 5.91 Å². The number of furan rings is 1. The molecule has 0 aliphatic heterocycles. The maximum absolute atomic E-state index is 12.3. The molecule has 0 spiro atoms. The molecule has 7 heteroatoms. The van der Waals surface area contributed by atoms with Crippen molar-refractivity contribution in [3.63, 3.8) is 0 Å². The van der Waals surface area contributed by atoms with Crippen LogP contribution in [0.15, 0.2) is 57.4 Å². The average Bonchev–Trinajstić information content (AvgIpc) is 3.00. The molecule has 3 aromatic rings. The predicted molar refractivity (Wildman–Crippen MR) is 101 cm³/mol. The zero-order valence-corrected chi connectivity index (χ0v) is 15.2. The standard InChI is InChI=1S/C17H11BrCl2N2O2/c18-9-1-3-11(12(20)7-9)15-5-6-16(24-15)17(23)22-14-4-2-10(19)8-13(14)21/h1-8H,21H2,(H,22,23). The van der Waals surface area contributed by atoms with Gasteiger partial charge >= 0.3 is 0 Å². The summed E-state index contributed by atoms with van der Waals surface area (Å²) in [5.74, 6) is 0.239. The van der Waals surface area contributed by atoms with Gasteiger partial charge in [0.2, 0.25) is 0 Å². The van der Waals surface area contributed by atoms with E-state index >= 15 is 0 Å². The first-order valence-corrected chi connectivity index (χ1v) is 8.40. The van der Waals surface area contributed by atoms with Crippen molar-refractivity contribution in [3.05, 3.63) is 68.8 Å². The normalized spacial score (nSPS) is 10.6.